The van der Waals surface area contributed by atoms with E-state index in [0.29, 0.717) is 5.82 Å². The van der Waals surface area contributed by atoms with Gasteiger partial charge in [-0.3, -0.25) is 0 Å². The van der Waals surface area contributed by atoms with Gasteiger partial charge in [0.2, 0.25) is 0 Å². The van der Waals surface area contributed by atoms with E-state index in [4.69, 9.17) is 10.1 Å². The topological polar surface area (TPSA) is 81.5 Å². The Morgan fingerprint density at radius 3 is 2.45 bits per heavy atom. The van der Waals surface area contributed by atoms with Crippen LogP contribution >= 0.6 is 0 Å². The summed E-state index contributed by atoms with van der Waals surface area (Å²) in [6, 6.07) is 7.78. The largest absolute Gasteiger partial charge is 0.394 e. The molecule has 0 radical (unpaired) electrons. The summed E-state index contributed by atoms with van der Waals surface area (Å²) in [5.74, 6) is 1.51. The number of piperidine rings is 1. The van der Waals surface area contributed by atoms with Gasteiger partial charge >= 0.3 is 0 Å². The van der Waals surface area contributed by atoms with Crippen LogP contribution in [0.5, 0.6) is 0 Å². The molecule has 1 aromatic carbocycles. The Kier molecular flexibility index (Phi) is 4.70. The molecule has 0 spiro atoms. The number of para-hydroxylation sites is 2. The zero-order valence-corrected chi connectivity index (χ0v) is 12.6. The van der Waals surface area contributed by atoms with Gasteiger partial charge in [-0.2, -0.15) is 0 Å². The van der Waals surface area contributed by atoms with Crippen molar-refractivity contribution >= 4 is 22.7 Å². The Morgan fingerprint density at radius 1 is 1.09 bits per heavy atom. The summed E-state index contributed by atoms with van der Waals surface area (Å²) in [5.41, 5.74) is 1.69. The average Bonchev–Trinajstić information content (AvgIpc) is 2.59. The second-order valence-corrected chi connectivity index (χ2v) is 5.65. The minimum Gasteiger partial charge on any atom is -0.394 e. The Hall–Kier alpha value is -1.92. The number of rotatable bonds is 5. The summed E-state index contributed by atoms with van der Waals surface area (Å²) < 4.78 is 0. The van der Waals surface area contributed by atoms with Gasteiger partial charge in [0.05, 0.1) is 23.7 Å². The van der Waals surface area contributed by atoms with Crippen LogP contribution in [0.1, 0.15) is 19.3 Å². The van der Waals surface area contributed by atoms with Crippen molar-refractivity contribution in [3.63, 3.8) is 0 Å². The zero-order valence-electron chi connectivity index (χ0n) is 12.6. The van der Waals surface area contributed by atoms with Crippen LogP contribution in [0.15, 0.2) is 24.3 Å². The predicted octanol–water partition coefficient (Wildman–Crippen LogP) is 1.39. The van der Waals surface area contributed by atoms with E-state index in [9.17, 15) is 5.11 Å². The maximum absolute atomic E-state index is 9.56. The van der Waals surface area contributed by atoms with Crippen molar-refractivity contribution in [1.82, 2.24) is 9.97 Å². The van der Waals surface area contributed by atoms with Crippen LogP contribution in [0.25, 0.3) is 11.0 Å². The molecule has 2 aromatic rings. The van der Waals surface area contributed by atoms with Crippen LogP contribution in [0.4, 0.5) is 11.6 Å². The minimum atomic E-state index is -0.803. The van der Waals surface area contributed by atoms with E-state index < -0.39 is 6.10 Å². The van der Waals surface area contributed by atoms with Crippen LogP contribution in [0, 0.1) is 0 Å². The molecular formula is C16H22N4O2. The Labute approximate surface area is 129 Å². The number of aliphatic hydroxyl groups is 2. The molecule has 3 N–H and O–H groups in total. The van der Waals surface area contributed by atoms with E-state index >= 15 is 0 Å². The third-order valence-electron chi connectivity index (χ3n) is 3.92. The molecule has 118 valence electrons. The lowest BCUT2D eigenvalue weighted by Gasteiger charge is -2.29. The minimum absolute atomic E-state index is 0.254. The lowest BCUT2D eigenvalue weighted by atomic mass is 10.1. The number of anilines is 2. The third-order valence-corrected chi connectivity index (χ3v) is 3.92. The quantitative estimate of drug-likeness (QED) is 0.774. The molecule has 6 heteroatoms. The maximum atomic E-state index is 9.56. The highest BCUT2D eigenvalue weighted by atomic mass is 16.3. The van der Waals surface area contributed by atoms with Crippen LogP contribution in [0.2, 0.25) is 0 Å². The maximum Gasteiger partial charge on any atom is 0.172 e. The molecule has 3 rings (SSSR count). The smallest absolute Gasteiger partial charge is 0.172 e. The second-order valence-electron chi connectivity index (χ2n) is 5.65. The highest BCUT2D eigenvalue weighted by molar-refractivity contribution is 5.80. The molecular weight excluding hydrogens is 280 g/mol. The van der Waals surface area contributed by atoms with Gasteiger partial charge in [-0.25, -0.2) is 9.97 Å². The second kappa shape index (κ2) is 6.89. The van der Waals surface area contributed by atoms with Gasteiger partial charge in [-0.15, -0.1) is 0 Å². The predicted molar refractivity (Wildman–Crippen MR) is 87.2 cm³/mol. The number of aliphatic hydroxyl groups excluding tert-OH is 2. The third kappa shape index (κ3) is 3.28. The lowest BCUT2D eigenvalue weighted by Crippen LogP contribution is -2.32. The van der Waals surface area contributed by atoms with Gasteiger partial charge < -0.3 is 20.4 Å². The van der Waals surface area contributed by atoms with Gasteiger partial charge in [-0.1, -0.05) is 12.1 Å². The monoisotopic (exact) mass is 302 g/mol. The fraction of sp³-hybridized carbons (Fsp3) is 0.500. The van der Waals surface area contributed by atoms with Crippen molar-refractivity contribution < 1.29 is 10.2 Å². The van der Waals surface area contributed by atoms with Gasteiger partial charge in [0.25, 0.3) is 0 Å². The fourth-order valence-corrected chi connectivity index (χ4v) is 2.71. The molecule has 1 aliphatic heterocycles. The van der Waals surface area contributed by atoms with E-state index in [1.807, 2.05) is 24.3 Å². The lowest BCUT2D eigenvalue weighted by molar-refractivity contribution is 0.105. The van der Waals surface area contributed by atoms with E-state index in [-0.39, 0.29) is 13.2 Å². The number of benzene rings is 1. The number of hydrogen-bond acceptors (Lipinski definition) is 6. The first kappa shape index (κ1) is 15.0. The molecule has 1 aromatic heterocycles. The van der Waals surface area contributed by atoms with E-state index in [1.165, 1.54) is 6.42 Å². The zero-order chi connectivity index (χ0) is 15.4. The van der Waals surface area contributed by atoms with Crippen LogP contribution < -0.4 is 10.2 Å². The number of hydrogen-bond donors (Lipinski definition) is 3. The van der Waals surface area contributed by atoms with E-state index in [0.717, 1.165) is 42.8 Å². The molecule has 0 amide bonds. The molecule has 22 heavy (non-hydrogen) atoms. The molecule has 6 nitrogen and oxygen atoms in total. The molecule has 0 unspecified atom stereocenters. The van der Waals surface area contributed by atoms with Crippen LogP contribution in [-0.4, -0.2) is 52.5 Å². The van der Waals surface area contributed by atoms with Crippen molar-refractivity contribution in [2.24, 2.45) is 0 Å². The van der Waals surface area contributed by atoms with Crippen molar-refractivity contribution in [2.45, 2.75) is 25.4 Å². The Morgan fingerprint density at radius 2 is 1.77 bits per heavy atom. The highest BCUT2D eigenvalue weighted by Gasteiger charge is 2.18. The molecule has 1 atom stereocenters. The fourth-order valence-electron chi connectivity index (χ4n) is 2.71. The first-order chi connectivity index (χ1) is 10.8. The van der Waals surface area contributed by atoms with Gasteiger partial charge in [0.1, 0.15) is 0 Å². The Bertz CT molecular complexity index is 629. The molecule has 0 aliphatic carbocycles. The normalized spacial score (nSPS) is 16.7. The molecule has 2 heterocycles. The molecule has 1 fully saturated rings. The van der Waals surface area contributed by atoms with E-state index in [1.54, 1.807) is 0 Å². The first-order valence-electron chi connectivity index (χ1n) is 7.82. The number of nitrogens with zero attached hydrogens (tertiary/aromatic N) is 3. The van der Waals surface area contributed by atoms with Crippen molar-refractivity contribution in [3.05, 3.63) is 24.3 Å². The average molecular weight is 302 g/mol. The van der Waals surface area contributed by atoms with Crippen molar-refractivity contribution in [3.8, 4) is 0 Å². The summed E-state index contributed by atoms with van der Waals surface area (Å²) >= 11 is 0. The summed E-state index contributed by atoms with van der Waals surface area (Å²) in [6.07, 6.45) is 2.77. The molecule has 0 saturated carbocycles. The molecule has 1 aliphatic rings. The standard InChI is InChI=1S/C16H22N4O2/c21-11-12(22)10-17-15-16(20-8-4-1-5-9-20)19-14-7-3-2-6-13(14)18-15/h2-3,6-7,12,21-22H,1,4-5,8-11H2,(H,17,18)/t12-/m0/s1. The summed E-state index contributed by atoms with van der Waals surface area (Å²) in [4.78, 5) is 11.7. The Balaban J connectivity index is 1.94. The van der Waals surface area contributed by atoms with Crippen molar-refractivity contribution in [2.75, 3.05) is 36.5 Å². The van der Waals surface area contributed by atoms with Crippen LogP contribution in [0.3, 0.4) is 0 Å². The van der Waals surface area contributed by atoms with Crippen LogP contribution in [-0.2, 0) is 0 Å². The number of nitrogens with one attached hydrogen (secondary N) is 1. The number of aromatic nitrogens is 2. The SMILES string of the molecule is OC[C@@H](O)CNc1nc2ccccc2nc1N1CCCCC1. The summed E-state index contributed by atoms with van der Waals surface area (Å²) in [6.45, 7) is 1.94. The van der Waals surface area contributed by atoms with E-state index in [2.05, 4.69) is 15.2 Å². The first-order valence-corrected chi connectivity index (χ1v) is 7.82. The number of fused-ring (bicyclic) bond motifs is 1. The van der Waals surface area contributed by atoms with Gasteiger partial charge in [-0.05, 0) is 31.4 Å². The van der Waals surface area contributed by atoms with Gasteiger partial charge in [0, 0.05) is 19.6 Å². The molecule has 0 bridgehead atoms. The van der Waals surface area contributed by atoms with Crippen molar-refractivity contribution in [1.29, 1.82) is 0 Å². The summed E-state index contributed by atoms with van der Waals surface area (Å²) in [7, 11) is 0. The van der Waals surface area contributed by atoms with Gasteiger partial charge in [0.15, 0.2) is 11.6 Å². The summed E-state index contributed by atoms with van der Waals surface area (Å²) in [5, 5.41) is 21.7. The highest BCUT2D eigenvalue weighted by Crippen LogP contribution is 2.27. The molecule has 1 saturated heterocycles.